The standard InChI is InChI=1S/C24H26N4O4S2/c29-21(14-26-15-25-23-22(24(26)30)18-5-4-6-20(18)33-23)28-12-9-16-13-17(7-8-19(16)28)34(31,32)27-10-2-1-3-11-27/h7-8,13,15H,1-6,9-12,14H2. The molecule has 0 unspecified atom stereocenters. The summed E-state index contributed by atoms with van der Waals surface area (Å²) in [6, 6.07) is 5.04. The van der Waals surface area contributed by atoms with Gasteiger partial charge in [-0.15, -0.1) is 11.3 Å². The number of fused-ring (bicyclic) bond motifs is 4. The lowest BCUT2D eigenvalue weighted by Crippen LogP contribution is -2.36. The number of nitrogens with zero attached hydrogens (tertiary/aromatic N) is 4. The van der Waals surface area contributed by atoms with Gasteiger partial charge in [-0.2, -0.15) is 4.31 Å². The van der Waals surface area contributed by atoms with Crippen molar-refractivity contribution in [2.45, 2.75) is 56.4 Å². The molecule has 8 nitrogen and oxygen atoms in total. The Bertz CT molecular complexity index is 1470. The van der Waals surface area contributed by atoms with E-state index in [9.17, 15) is 18.0 Å². The zero-order valence-corrected chi connectivity index (χ0v) is 20.5. The van der Waals surface area contributed by atoms with Gasteiger partial charge in [-0.25, -0.2) is 13.4 Å². The molecule has 0 atom stereocenters. The third-order valence-corrected chi connectivity index (χ3v) is 10.3. The van der Waals surface area contributed by atoms with Gasteiger partial charge in [0.2, 0.25) is 15.9 Å². The van der Waals surface area contributed by atoms with Crippen LogP contribution < -0.4 is 10.5 Å². The molecule has 1 aliphatic carbocycles. The predicted octanol–water partition coefficient (Wildman–Crippen LogP) is 2.71. The molecule has 1 aromatic carbocycles. The summed E-state index contributed by atoms with van der Waals surface area (Å²) in [7, 11) is -3.52. The number of anilines is 1. The molecule has 10 heteroatoms. The molecule has 34 heavy (non-hydrogen) atoms. The number of hydrogen-bond donors (Lipinski definition) is 0. The van der Waals surface area contributed by atoms with E-state index in [0.717, 1.165) is 60.2 Å². The van der Waals surface area contributed by atoms with Gasteiger partial charge in [-0.1, -0.05) is 6.42 Å². The van der Waals surface area contributed by atoms with Crippen molar-refractivity contribution >= 4 is 43.2 Å². The van der Waals surface area contributed by atoms with Crippen LogP contribution in [0.25, 0.3) is 10.2 Å². The molecule has 1 fully saturated rings. The fraction of sp³-hybridized carbons (Fsp3) is 0.458. The normalized spacial score (nSPS) is 18.4. The van der Waals surface area contributed by atoms with Crippen LogP contribution in [0.3, 0.4) is 0 Å². The Morgan fingerprint density at radius 3 is 2.68 bits per heavy atom. The first-order valence-electron chi connectivity index (χ1n) is 11.9. The van der Waals surface area contributed by atoms with Crippen LogP contribution in [0.2, 0.25) is 0 Å². The molecule has 0 saturated carbocycles. The number of sulfonamides is 1. The first-order chi connectivity index (χ1) is 16.4. The molecule has 1 amide bonds. The maximum atomic E-state index is 13.2. The number of aryl methyl sites for hydroxylation is 2. The lowest BCUT2D eigenvalue weighted by atomic mass is 10.2. The van der Waals surface area contributed by atoms with Gasteiger partial charge in [0.25, 0.3) is 5.56 Å². The molecular formula is C24H26N4O4S2. The van der Waals surface area contributed by atoms with Crippen LogP contribution in [0.1, 0.15) is 41.7 Å². The van der Waals surface area contributed by atoms with E-state index in [0.29, 0.717) is 36.3 Å². The van der Waals surface area contributed by atoms with Gasteiger partial charge < -0.3 is 4.90 Å². The van der Waals surface area contributed by atoms with Crippen molar-refractivity contribution in [1.82, 2.24) is 13.9 Å². The largest absolute Gasteiger partial charge is 0.310 e. The highest BCUT2D eigenvalue weighted by molar-refractivity contribution is 7.89. The summed E-state index contributed by atoms with van der Waals surface area (Å²) in [5.41, 5.74) is 2.53. The summed E-state index contributed by atoms with van der Waals surface area (Å²) >= 11 is 1.59. The Morgan fingerprint density at radius 1 is 1.03 bits per heavy atom. The molecular weight excluding hydrogens is 472 g/mol. The minimum Gasteiger partial charge on any atom is -0.310 e. The maximum Gasteiger partial charge on any atom is 0.262 e. The summed E-state index contributed by atoms with van der Waals surface area (Å²) in [5, 5.41) is 0.669. The van der Waals surface area contributed by atoms with Crippen molar-refractivity contribution < 1.29 is 13.2 Å². The first-order valence-corrected chi connectivity index (χ1v) is 14.1. The van der Waals surface area contributed by atoms with Gasteiger partial charge in [0.15, 0.2) is 0 Å². The molecule has 3 aromatic rings. The third-order valence-electron chi connectivity index (χ3n) is 7.20. The molecule has 2 aromatic heterocycles. The Hall–Kier alpha value is -2.56. The summed E-state index contributed by atoms with van der Waals surface area (Å²) in [4.78, 5) is 34.7. The summed E-state index contributed by atoms with van der Waals surface area (Å²) in [5.74, 6) is -0.194. The van der Waals surface area contributed by atoms with Crippen molar-refractivity contribution in [1.29, 1.82) is 0 Å². The second-order valence-corrected chi connectivity index (χ2v) is 12.3. The fourth-order valence-electron chi connectivity index (χ4n) is 5.42. The van der Waals surface area contributed by atoms with Crippen molar-refractivity contribution in [3.8, 4) is 0 Å². The van der Waals surface area contributed by atoms with Gasteiger partial charge >= 0.3 is 0 Å². The molecule has 0 bridgehead atoms. The van der Waals surface area contributed by atoms with Gasteiger partial charge in [0, 0.05) is 30.2 Å². The number of hydrogen-bond acceptors (Lipinski definition) is 6. The first kappa shape index (κ1) is 21.9. The number of carbonyl (C=O) groups excluding carboxylic acids is 1. The van der Waals surface area contributed by atoms with Gasteiger partial charge in [0.05, 0.1) is 16.6 Å². The van der Waals surface area contributed by atoms with Crippen molar-refractivity contribution in [3.05, 3.63) is 50.9 Å². The number of amides is 1. The fourth-order valence-corrected chi connectivity index (χ4v) is 8.20. The molecule has 2 aliphatic heterocycles. The van der Waals surface area contributed by atoms with E-state index in [2.05, 4.69) is 4.98 Å². The third kappa shape index (κ3) is 3.50. The van der Waals surface area contributed by atoms with Gasteiger partial charge in [0.1, 0.15) is 11.4 Å². The number of rotatable bonds is 4. The van der Waals surface area contributed by atoms with Crippen molar-refractivity contribution in [3.63, 3.8) is 0 Å². The zero-order chi connectivity index (χ0) is 23.4. The SMILES string of the molecule is O=C(Cn1cnc2sc3c(c2c1=O)CCC3)N1CCc2cc(S(=O)(=O)N3CCCCC3)ccc21. The smallest absolute Gasteiger partial charge is 0.262 e. The van der Waals surface area contributed by atoms with Crippen molar-refractivity contribution in [2.75, 3.05) is 24.5 Å². The molecule has 6 rings (SSSR count). The molecule has 0 radical (unpaired) electrons. The van der Waals surface area contributed by atoms with E-state index < -0.39 is 10.0 Å². The Balaban J connectivity index is 1.25. The molecule has 0 N–H and O–H groups in total. The maximum absolute atomic E-state index is 13.2. The van der Waals surface area contributed by atoms with Crippen LogP contribution in [0, 0.1) is 0 Å². The molecule has 4 heterocycles. The average Bonchev–Trinajstić information content (AvgIpc) is 3.55. The van der Waals surface area contributed by atoms with E-state index in [4.69, 9.17) is 0 Å². The van der Waals surface area contributed by atoms with Gasteiger partial charge in [-0.3, -0.25) is 14.2 Å². The lowest BCUT2D eigenvalue weighted by molar-refractivity contribution is -0.119. The summed E-state index contributed by atoms with van der Waals surface area (Å²) in [6.07, 6.45) is 7.86. The summed E-state index contributed by atoms with van der Waals surface area (Å²) in [6.45, 7) is 1.51. The van der Waals surface area contributed by atoms with Gasteiger partial charge in [-0.05, 0) is 67.9 Å². The van der Waals surface area contributed by atoms with E-state index in [1.807, 2.05) is 0 Å². The lowest BCUT2D eigenvalue weighted by Gasteiger charge is -2.26. The van der Waals surface area contributed by atoms with E-state index in [-0.39, 0.29) is 18.0 Å². The Labute approximate surface area is 201 Å². The van der Waals surface area contributed by atoms with E-state index in [1.54, 1.807) is 38.7 Å². The van der Waals surface area contributed by atoms with Crippen LogP contribution in [0.5, 0.6) is 0 Å². The minimum absolute atomic E-state index is 0.0837. The van der Waals surface area contributed by atoms with E-state index >= 15 is 0 Å². The highest BCUT2D eigenvalue weighted by atomic mass is 32.2. The molecule has 3 aliphatic rings. The highest BCUT2D eigenvalue weighted by Crippen LogP contribution is 2.35. The molecule has 178 valence electrons. The zero-order valence-electron chi connectivity index (χ0n) is 18.8. The Morgan fingerprint density at radius 2 is 1.85 bits per heavy atom. The number of piperidine rings is 1. The molecule has 1 saturated heterocycles. The minimum atomic E-state index is -3.52. The number of thiophene rings is 1. The monoisotopic (exact) mass is 498 g/mol. The van der Waals surface area contributed by atoms with Crippen molar-refractivity contribution in [2.24, 2.45) is 0 Å². The topological polar surface area (TPSA) is 92.6 Å². The van der Waals surface area contributed by atoms with Crippen LogP contribution >= 0.6 is 11.3 Å². The Kier molecular flexibility index (Phi) is 5.34. The number of aromatic nitrogens is 2. The highest BCUT2D eigenvalue weighted by Gasteiger charge is 2.30. The second-order valence-electron chi connectivity index (χ2n) is 9.27. The van der Waals surface area contributed by atoms with Crippen LogP contribution in [0.4, 0.5) is 5.69 Å². The van der Waals surface area contributed by atoms with Crippen LogP contribution in [-0.4, -0.2) is 47.8 Å². The molecule has 0 spiro atoms. The second kappa shape index (κ2) is 8.28. The van der Waals surface area contributed by atoms with Crippen LogP contribution in [0.15, 0.2) is 34.2 Å². The summed E-state index contributed by atoms with van der Waals surface area (Å²) < 4.78 is 29.1. The van der Waals surface area contributed by atoms with E-state index in [1.165, 1.54) is 15.8 Å². The number of carbonyl (C=O) groups is 1. The van der Waals surface area contributed by atoms with Crippen LogP contribution in [-0.2, 0) is 40.6 Å². The quantitative estimate of drug-likeness (QED) is 0.552. The predicted molar refractivity (Wildman–Crippen MR) is 131 cm³/mol. The average molecular weight is 499 g/mol. The number of benzene rings is 1.